The normalized spacial score (nSPS) is 10.3. The lowest BCUT2D eigenvalue weighted by Gasteiger charge is -2.12. The third-order valence-corrected chi connectivity index (χ3v) is 3.10. The van der Waals surface area contributed by atoms with Gasteiger partial charge in [0.2, 0.25) is 0 Å². The first kappa shape index (κ1) is 15.5. The standard InChI is InChI=1S/C16H26N2O/c1-4-6-7-8-11-18-16(19)14-10-9-13(3)12-15(14)17-5-2/h9-10,12,17H,4-8,11H2,1-3H3,(H,18,19). The Morgan fingerprint density at radius 1 is 1.16 bits per heavy atom. The van der Waals surface area contributed by atoms with Crippen molar-refractivity contribution in [3.8, 4) is 0 Å². The molecule has 1 rings (SSSR count). The smallest absolute Gasteiger partial charge is 0.253 e. The topological polar surface area (TPSA) is 41.1 Å². The number of benzene rings is 1. The van der Waals surface area contributed by atoms with Gasteiger partial charge in [-0.1, -0.05) is 32.3 Å². The highest BCUT2D eigenvalue weighted by Gasteiger charge is 2.10. The zero-order valence-electron chi connectivity index (χ0n) is 12.4. The van der Waals surface area contributed by atoms with Crippen LogP contribution in [0.15, 0.2) is 18.2 Å². The number of nitrogens with one attached hydrogen (secondary N) is 2. The summed E-state index contributed by atoms with van der Waals surface area (Å²) in [6.45, 7) is 7.84. The molecule has 2 N–H and O–H groups in total. The zero-order valence-corrected chi connectivity index (χ0v) is 12.4. The highest BCUT2D eigenvalue weighted by atomic mass is 16.1. The Hall–Kier alpha value is -1.51. The van der Waals surface area contributed by atoms with Crippen molar-refractivity contribution in [2.45, 2.75) is 46.5 Å². The summed E-state index contributed by atoms with van der Waals surface area (Å²) < 4.78 is 0. The van der Waals surface area contributed by atoms with E-state index in [1.165, 1.54) is 19.3 Å². The monoisotopic (exact) mass is 262 g/mol. The average molecular weight is 262 g/mol. The Morgan fingerprint density at radius 3 is 2.63 bits per heavy atom. The first-order valence-electron chi connectivity index (χ1n) is 7.31. The van der Waals surface area contributed by atoms with Crippen LogP contribution in [0.2, 0.25) is 0 Å². The highest BCUT2D eigenvalue weighted by molar-refractivity contribution is 5.99. The van der Waals surface area contributed by atoms with E-state index < -0.39 is 0 Å². The molecule has 0 fully saturated rings. The molecule has 0 spiro atoms. The van der Waals surface area contributed by atoms with Crippen LogP contribution in [0, 0.1) is 6.92 Å². The fourth-order valence-electron chi connectivity index (χ4n) is 2.04. The van der Waals surface area contributed by atoms with Crippen molar-refractivity contribution in [2.75, 3.05) is 18.4 Å². The maximum Gasteiger partial charge on any atom is 0.253 e. The number of carbonyl (C=O) groups excluding carboxylic acids is 1. The van der Waals surface area contributed by atoms with Crippen LogP contribution in [-0.4, -0.2) is 19.0 Å². The Balaban J connectivity index is 2.55. The lowest BCUT2D eigenvalue weighted by Crippen LogP contribution is -2.25. The van der Waals surface area contributed by atoms with Gasteiger partial charge in [0.05, 0.1) is 5.56 Å². The van der Waals surface area contributed by atoms with E-state index >= 15 is 0 Å². The van der Waals surface area contributed by atoms with Gasteiger partial charge in [-0.3, -0.25) is 4.79 Å². The fraction of sp³-hybridized carbons (Fsp3) is 0.562. The Bertz CT molecular complexity index is 402. The second kappa shape index (κ2) is 8.57. The van der Waals surface area contributed by atoms with E-state index in [2.05, 4.69) is 17.6 Å². The van der Waals surface area contributed by atoms with E-state index in [1.807, 2.05) is 32.0 Å². The second-order valence-corrected chi connectivity index (χ2v) is 4.90. The van der Waals surface area contributed by atoms with Gasteiger partial charge in [-0.25, -0.2) is 0 Å². The lowest BCUT2D eigenvalue weighted by molar-refractivity contribution is 0.0953. The molecule has 3 heteroatoms. The predicted molar refractivity (Wildman–Crippen MR) is 81.8 cm³/mol. The van der Waals surface area contributed by atoms with Crippen molar-refractivity contribution >= 4 is 11.6 Å². The van der Waals surface area contributed by atoms with Crippen LogP contribution >= 0.6 is 0 Å². The van der Waals surface area contributed by atoms with Crippen LogP contribution in [-0.2, 0) is 0 Å². The molecule has 0 bridgehead atoms. The van der Waals surface area contributed by atoms with E-state index in [0.717, 1.165) is 36.3 Å². The molecule has 19 heavy (non-hydrogen) atoms. The molecule has 1 amide bonds. The van der Waals surface area contributed by atoms with E-state index in [4.69, 9.17) is 0 Å². The minimum absolute atomic E-state index is 0.0208. The summed E-state index contributed by atoms with van der Waals surface area (Å²) in [7, 11) is 0. The maximum atomic E-state index is 12.1. The number of hydrogen-bond acceptors (Lipinski definition) is 2. The predicted octanol–water partition coefficient (Wildman–Crippen LogP) is 3.74. The molecule has 0 saturated heterocycles. The van der Waals surface area contributed by atoms with Gasteiger partial charge in [0, 0.05) is 18.8 Å². The van der Waals surface area contributed by atoms with E-state index in [0.29, 0.717) is 0 Å². The summed E-state index contributed by atoms with van der Waals surface area (Å²) >= 11 is 0. The third kappa shape index (κ3) is 5.33. The van der Waals surface area contributed by atoms with Gasteiger partial charge in [-0.15, -0.1) is 0 Å². The van der Waals surface area contributed by atoms with E-state index in [1.54, 1.807) is 0 Å². The second-order valence-electron chi connectivity index (χ2n) is 4.90. The molecule has 1 aromatic rings. The number of aryl methyl sites for hydroxylation is 1. The lowest BCUT2D eigenvalue weighted by atomic mass is 10.1. The van der Waals surface area contributed by atoms with Gasteiger partial charge >= 0.3 is 0 Å². The molecule has 0 heterocycles. The summed E-state index contributed by atoms with van der Waals surface area (Å²) in [5.74, 6) is 0.0208. The third-order valence-electron chi connectivity index (χ3n) is 3.10. The van der Waals surface area contributed by atoms with Crippen LogP contribution in [0.5, 0.6) is 0 Å². The first-order valence-corrected chi connectivity index (χ1v) is 7.31. The number of carbonyl (C=O) groups is 1. The first-order chi connectivity index (χ1) is 9.19. The van der Waals surface area contributed by atoms with Crippen molar-refractivity contribution in [3.05, 3.63) is 29.3 Å². The number of unbranched alkanes of at least 4 members (excludes halogenated alkanes) is 3. The summed E-state index contributed by atoms with van der Waals surface area (Å²) in [6.07, 6.45) is 4.70. The molecule has 0 unspecified atom stereocenters. The van der Waals surface area contributed by atoms with Crippen molar-refractivity contribution in [1.29, 1.82) is 0 Å². The quantitative estimate of drug-likeness (QED) is 0.701. The van der Waals surface area contributed by atoms with Gasteiger partial charge in [0.1, 0.15) is 0 Å². The minimum Gasteiger partial charge on any atom is -0.385 e. The SMILES string of the molecule is CCCCCCNC(=O)c1ccc(C)cc1NCC. The molecule has 106 valence electrons. The Morgan fingerprint density at radius 2 is 1.95 bits per heavy atom. The molecule has 0 aliphatic heterocycles. The molecule has 0 aliphatic carbocycles. The largest absolute Gasteiger partial charge is 0.385 e. The maximum absolute atomic E-state index is 12.1. The molecule has 0 atom stereocenters. The molecule has 0 saturated carbocycles. The fourth-order valence-corrected chi connectivity index (χ4v) is 2.04. The molecule has 1 aromatic carbocycles. The zero-order chi connectivity index (χ0) is 14.1. The molecule has 0 aromatic heterocycles. The van der Waals surface area contributed by atoms with E-state index in [-0.39, 0.29) is 5.91 Å². The number of hydrogen-bond donors (Lipinski definition) is 2. The number of rotatable bonds is 8. The van der Waals surface area contributed by atoms with Crippen LogP contribution in [0.1, 0.15) is 55.5 Å². The molecular weight excluding hydrogens is 236 g/mol. The van der Waals surface area contributed by atoms with Crippen molar-refractivity contribution in [1.82, 2.24) is 5.32 Å². The average Bonchev–Trinajstić information content (AvgIpc) is 2.39. The Kier molecular flexibility index (Phi) is 7.01. The van der Waals surface area contributed by atoms with Crippen LogP contribution in [0.25, 0.3) is 0 Å². The Labute approximate surface area is 116 Å². The van der Waals surface area contributed by atoms with Gasteiger partial charge in [0.15, 0.2) is 0 Å². The summed E-state index contributed by atoms with van der Waals surface area (Å²) in [6, 6.07) is 5.90. The van der Waals surface area contributed by atoms with Crippen LogP contribution in [0.3, 0.4) is 0 Å². The number of anilines is 1. The van der Waals surface area contributed by atoms with Gasteiger partial charge in [-0.05, 0) is 38.0 Å². The van der Waals surface area contributed by atoms with Crippen molar-refractivity contribution in [2.24, 2.45) is 0 Å². The van der Waals surface area contributed by atoms with Gasteiger partial charge in [0.25, 0.3) is 5.91 Å². The summed E-state index contributed by atoms with van der Waals surface area (Å²) in [5.41, 5.74) is 2.83. The van der Waals surface area contributed by atoms with Crippen LogP contribution < -0.4 is 10.6 Å². The van der Waals surface area contributed by atoms with Gasteiger partial charge in [-0.2, -0.15) is 0 Å². The summed E-state index contributed by atoms with van der Waals surface area (Å²) in [5, 5.41) is 6.24. The van der Waals surface area contributed by atoms with E-state index in [9.17, 15) is 4.79 Å². The molecule has 0 radical (unpaired) electrons. The number of amides is 1. The highest BCUT2D eigenvalue weighted by Crippen LogP contribution is 2.17. The molecule has 0 aliphatic rings. The molecular formula is C16H26N2O. The minimum atomic E-state index is 0.0208. The van der Waals surface area contributed by atoms with Gasteiger partial charge < -0.3 is 10.6 Å². The molecule has 3 nitrogen and oxygen atoms in total. The van der Waals surface area contributed by atoms with Crippen molar-refractivity contribution < 1.29 is 4.79 Å². The van der Waals surface area contributed by atoms with Crippen molar-refractivity contribution in [3.63, 3.8) is 0 Å². The van der Waals surface area contributed by atoms with Crippen LogP contribution in [0.4, 0.5) is 5.69 Å². The summed E-state index contributed by atoms with van der Waals surface area (Å²) in [4.78, 5) is 12.1.